The summed E-state index contributed by atoms with van der Waals surface area (Å²) in [4.78, 5) is 104. The molecule has 1 atom stereocenters. The fourth-order valence-electron chi connectivity index (χ4n) is 8.69. The van der Waals surface area contributed by atoms with Crippen LogP contribution < -0.4 is 45.0 Å². The van der Waals surface area contributed by atoms with Gasteiger partial charge in [-0.2, -0.15) is 5.10 Å². The van der Waals surface area contributed by atoms with Crippen molar-refractivity contribution >= 4 is 145 Å². The zero-order valence-corrected chi connectivity index (χ0v) is 64.1. The third kappa shape index (κ3) is 29.8. The number of aromatic nitrogens is 18. The number of carbonyl (C=O) groups is 3. The van der Waals surface area contributed by atoms with Crippen LogP contribution in [0.2, 0.25) is 5.15 Å². The number of alkyl halides is 1. The normalized spacial score (nSPS) is 14.5. The number of imidazole rings is 3. The van der Waals surface area contributed by atoms with Gasteiger partial charge < -0.3 is 26.8 Å². The molecule has 40 heteroatoms. The quantitative estimate of drug-likeness (QED) is 0.00777. The van der Waals surface area contributed by atoms with Gasteiger partial charge in [-0.05, 0) is 175 Å². The van der Waals surface area contributed by atoms with Gasteiger partial charge >= 0.3 is 11.2 Å². The summed E-state index contributed by atoms with van der Waals surface area (Å²) in [6.45, 7) is 20.3. The number of carboxylic acids is 1. The second kappa shape index (κ2) is 41.2. The lowest BCUT2D eigenvalue weighted by atomic mass is 9.86. The van der Waals surface area contributed by atoms with Crippen LogP contribution in [0.25, 0.3) is 17.3 Å². The number of thiocarbonyl (C=S) groups is 1. The zero-order chi connectivity index (χ0) is 75.2. The SMILES string of the molecule is C.C.CC(=O)C(=O)O.CC1(C(Cl)C=O)CC1.CSc1nnc(C)c(=O)[nH]1.Cc1cn2c(C3(C)CC3)cnc2nc1C.Cc1cn2c(C3(C)CC3)cnc2nc1Cl.Cc1cn2c(CC3CCCCC3)cnc2[nH]c1=O.Cc1n[nH]c(=S)[nH]c1=O.Cc1nnc(N)[nH]c1=O.NNC(N)=S.O=P(Cl)(Cl)Cl. The molecule has 13 rings (SSSR count). The molecule has 0 aromatic carbocycles. The Morgan fingerprint density at radius 3 is 1.61 bits per heavy atom. The van der Waals surface area contributed by atoms with Crippen molar-refractivity contribution in [3.8, 4) is 0 Å². The van der Waals surface area contributed by atoms with Gasteiger partial charge in [-0.1, -0.05) is 91.1 Å². The Morgan fingerprint density at radius 2 is 1.20 bits per heavy atom. The number of aromatic amines is 5. The van der Waals surface area contributed by atoms with Crippen molar-refractivity contribution in [2.75, 3.05) is 12.0 Å². The molecular weight excluding hydrogens is 1500 g/mol. The number of nitrogens with zero attached hydrogens (tertiary/aromatic N) is 13. The van der Waals surface area contributed by atoms with Crippen molar-refractivity contribution in [2.45, 2.75) is 189 Å². The van der Waals surface area contributed by atoms with E-state index in [2.05, 4.69) is 175 Å². The number of halogens is 5. The third-order valence-corrected chi connectivity index (χ3v) is 17.8. The minimum atomic E-state index is -3.22. The monoisotopic (exact) mass is 1590 g/mol. The van der Waals surface area contributed by atoms with Gasteiger partial charge in [0.2, 0.25) is 29.1 Å². The number of nitrogens with one attached hydrogen (secondary N) is 6. The Morgan fingerprint density at radius 1 is 0.725 bits per heavy atom. The number of anilines is 1. The molecule has 31 nitrogen and oxygen atoms in total. The Labute approximate surface area is 628 Å². The topological polar surface area (TPSA) is 468 Å². The number of hydrogen-bond donors (Lipinski definition) is 10. The number of thioether (sulfide) groups is 1. The van der Waals surface area contributed by atoms with Gasteiger partial charge in [0.25, 0.3) is 22.2 Å². The molecule has 9 heterocycles. The average molecular weight is 1590 g/mol. The predicted octanol–water partition coefficient (Wildman–Crippen LogP) is 11.0. The summed E-state index contributed by atoms with van der Waals surface area (Å²) in [7, 11) is 0. The number of aryl methyl sites for hydroxylation is 7. The van der Waals surface area contributed by atoms with E-state index in [-0.39, 0.29) is 63.7 Å². The Hall–Kier alpha value is -7.40. The number of fused-ring (bicyclic) bond motifs is 3. The molecule has 9 aromatic rings. The largest absolute Gasteiger partial charge is 0.476 e. The highest BCUT2D eigenvalue weighted by Crippen LogP contribution is 2.61. The Kier molecular flexibility index (Phi) is 36.6. The number of rotatable bonds is 8. The lowest BCUT2D eigenvalue weighted by molar-refractivity contribution is -0.148. The standard InChI is InChI=1S/C14H19N3O.C12H15N3.C11H12ClN3.C6H9ClO.C5H7N3OS.C4H6N4O.C4H5N3OS.C3H4O3.CH5N3S.2CH4.Cl3OP/c1-10-9-17-12(7-11-5-3-2-4-6-11)8-15-14(17)16-13(10)18;1-8-7-15-10(12(3)4-5-12)6-13-11(15)14-9(8)2;1-7-6-15-8(11(2)3-4-11)5-13-10(15)14-9(7)12;1-6(2-3-6)5(7)4-8;1-3-4(9)6-5(10-2)8-7-3;1-2-3(9)6-4(5)8-7-2;1-2-3(8)5-4(9)7-6-2;1-2(4)3(5)6;2-1(5)4-3;;;1-5(2,3)4/h8-9,11H,2-7H2,1H3,(H,15,16,18);6-7H,4-5H2,1-3H3;5-6H,3-4H2,1-2H3;4-5H,2-3H2,1H3;1-2H3,(H,6,8,9);1H3,(H3,5,6,8,9);1H3,(H2,5,7,8,9);1H3,(H,5,6);3H2,(H3,2,4,5);2*1H4;. The molecule has 1 unspecified atom stereocenters. The van der Waals surface area contributed by atoms with Crippen LogP contribution in [0.4, 0.5) is 5.95 Å². The molecule has 0 aliphatic heterocycles. The first-order chi connectivity index (χ1) is 46.7. The van der Waals surface area contributed by atoms with Crippen molar-refractivity contribution in [1.82, 2.24) is 94.1 Å². The lowest BCUT2D eigenvalue weighted by Crippen LogP contribution is -2.34. The minimum Gasteiger partial charge on any atom is -0.476 e. The molecule has 0 saturated heterocycles. The van der Waals surface area contributed by atoms with Crippen LogP contribution in [0.3, 0.4) is 0 Å². The maximum Gasteiger partial charge on any atom is 0.371 e. The smallest absolute Gasteiger partial charge is 0.371 e. The van der Waals surface area contributed by atoms with Crippen LogP contribution in [-0.2, 0) is 36.2 Å². The summed E-state index contributed by atoms with van der Waals surface area (Å²) >= 11 is 35.6. The van der Waals surface area contributed by atoms with Crippen LogP contribution in [0, 0.1) is 64.6 Å². The molecule has 4 aliphatic carbocycles. The first-order valence-electron chi connectivity index (χ1n) is 30.7. The van der Waals surface area contributed by atoms with Gasteiger partial charge in [0.05, 0.1) is 24.0 Å². The van der Waals surface area contributed by atoms with Crippen LogP contribution in [-0.4, -0.2) is 129 Å². The molecule has 4 aliphatic rings. The van der Waals surface area contributed by atoms with Gasteiger partial charge in [0.15, 0.2) is 15.0 Å². The van der Waals surface area contributed by atoms with Crippen LogP contribution >= 0.6 is 98.3 Å². The van der Waals surface area contributed by atoms with Gasteiger partial charge in [0, 0.05) is 70.2 Å². The van der Waals surface area contributed by atoms with Crippen LogP contribution in [0.5, 0.6) is 0 Å². The number of H-pyrrole nitrogens is 5. The molecule has 0 spiro atoms. The van der Waals surface area contributed by atoms with E-state index in [9.17, 15) is 38.1 Å². The van der Waals surface area contributed by atoms with E-state index in [1.165, 1.54) is 92.2 Å². The highest BCUT2D eigenvalue weighted by atomic mass is 36.0. The number of carboxylic acid groups (broad SMARTS) is 1. The number of hydrogen-bond acceptors (Lipinski definition) is 23. The number of hydrazine groups is 1. The van der Waals surface area contributed by atoms with Crippen molar-refractivity contribution in [2.24, 2.45) is 22.9 Å². The molecule has 4 saturated carbocycles. The average Bonchev–Trinajstić information content (AvgIpc) is 1.61. The first-order valence-corrected chi connectivity index (χ1v) is 37.9. The molecule has 4 fully saturated rings. The molecule has 0 bridgehead atoms. The van der Waals surface area contributed by atoms with Crippen LogP contribution in [0.1, 0.15) is 170 Å². The van der Waals surface area contributed by atoms with Crippen molar-refractivity contribution in [1.29, 1.82) is 0 Å². The van der Waals surface area contributed by atoms with E-state index >= 15 is 0 Å². The molecule has 560 valence electrons. The Bertz CT molecular complexity index is 4530. The first kappa shape index (κ1) is 90.7. The lowest BCUT2D eigenvalue weighted by Gasteiger charge is -2.21. The minimum absolute atomic E-state index is 0. The van der Waals surface area contributed by atoms with Crippen molar-refractivity contribution in [3.05, 3.63) is 145 Å². The van der Waals surface area contributed by atoms with Gasteiger partial charge in [-0.3, -0.25) is 66.8 Å². The number of aldehydes is 1. The van der Waals surface area contributed by atoms with E-state index < -0.39 is 17.0 Å². The van der Waals surface area contributed by atoms with Gasteiger partial charge in [0.1, 0.15) is 28.5 Å². The van der Waals surface area contributed by atoms with E-state index in [0.717, 1.165) is 61.0 Å². The molecule has 9 aromatic heterocycles. The van der Waals surface area contributed by atoms with Crippen molar-refractivity contribution < 1.29 is 24.1 Å². The summed E-state index contributed by atoms with van der Waals surface area (Å²) in [6, 6.07) is 0. The number of aliphatic carboxylic acids is 1. The van der Waals surface area contributed by atoms with E-state index in [4.69, 9.17) is 39.8 Å². The maximum atomic E-state index is 11.5. The third-order valence-electron chi connectivity index (χ3n) is 15.9. The number of nitrogen functional groups attached to an aromatic ring is 1. The number of ketones is 1. The Balaban J connectivity index is 0.000000395. The van der Waals surface area contributed by atoms with E-state index in [1.54, 1.807) is 20.8 Å². The summed E-state index contributed by atoms with van der Waals surface area (Å²) in [5.41, 5.74) is 20.9. The van der Waals surface area contributed by atoms with E-state index in [0.29, 0.717) is 49.8 Å². The number of nitrogens with two attached hydrogens (primary N) is 3. The number of Topliss-reactive ketones (excluding diaryl/α,β-unsaturated/α-hetero) is 1. The van der Waals surface area contributed by atoms with Gasteiger partial charge in [-0.15, -0.1) is 32.0 Å². The van der Waals surface area contributed by atoms with Crippen molar-refractivity contribution in [3.63, 3.8) is 0 Å². The highest BCUT2D eigenvalue weighted by Gasteiger charge is 2.44. The fourth-order valence-corrected chi connectivity index (χ4v) is 9.49. The zero-order valence-electron chi connectivity index (χ0n) is 57.0. The summed E-state index contributed by atoms with van der Waals surface area (Å²) in [5.74, 6) is 5.48. The fraction of sp³-hybridized carbons (Fsp3) is 0.500. The molecule has 102 heavy (non-hydrogen) atoms. The molecular formula is C62H90Cl5N22O9PS3. The predicted molar refractivity (Wildman–Crippen MR) is 409 cm³/mol. The maximum absolute atomic E-state index is 11.5. The molecule has 13 N–H and O–H groups in total. The second-order valence-electron chi connectivity index (χ2n) is 24.3. The summed E-state index contributed by atoms with van der Waals surface area (Å²) < 4.78 is 16.0. The molecule has 0 radical (unpaired) electrons. The van der Waals surface area contributed by atoms with Crippen LogP contribution in [0.15, 0.2) is 61.5 Å². The summed E-state index contributed by atoms with van der Waals surface area (Å²) in [6.07, 6.45) is 29.6. The number of carbonyl (C=O) groups excluding carboxylic acids is 2. The van der Waals surface area contributed by atoms with E-state index in [1.807, 2.05) is 74.8 Å². The molecule has 0 amide bonds. The highest BCUT2D eigenvalue weighted by molar-refractivity contribution is 8.24. The second-order valence-corrected chi connectivity index (χ2v) is 33.4. The van der Waals surface area contributed by atoms with Gasteiger partial charge in [-0.25, -0.2) is 35.6 Å². The summed E-state index contributed by atoms with van der Waals surface area (Å²) in [5, 5.41) is 25.7.